The van der Waals surface area contributed by atoms with Crippen molar-refractivity contribution in [2.24, 2.45) is 0 Å². The van der Waals surface area contributed by atoms with Crippen molar-refractivity contribution in [1.29, 1.82) is 0 Å². The van der Waals surface area contributed by atoms with Gasteiger partial charge in [0.05, 0.1) is 11.7 Å². The molecule has 2 atom stereocenters. The minimum absolute atomic E-state index is 0.0265. The zero-order valence-electron chi connectivity index (χ0n) is 9.80. The SMILES string of the molecule is CO[C@H]1CCO[C@@H]1COC(=O)c1ccccc1. The molecule has 4 nitrogen and oxygen atoms in total. The van der Waals surface area contributed by atoms with Crippen molar-refractivity contribution in [3.8, 4) is 0 Å². The summed E-state index contributed by atoms with van der Waals surface area (Å²) in [5.74, 6) is -0.323. The standard InChI is InChI=1S/C13H16O4/c1-15-11-7-8-16-12(11)9-17-13(14)10-5-3-2-4-6-10/h2-6,11-12H,7-9H2,1H3/t11-,12+/m0/s1. The van der Waals surface area contributed by atoms with Crippen LogP contribution in [0.25, 0.3) is 0 Å². The molecule has 0 spiro atoms. The minimum atomic E-state index is -0.323. The van der Waals surface area contributed by atoms with E-state index in [0.717, 1.165) is 6.42 Å². The van der Waals surface area contributed by atoms with Crippen LogP contribution in [0.15, 0.2) is 30.3 Å². The van der Waals surface area contributed by atoms with Gasteiger partial charge < -0.3 is 14.2 Å². The van der Waals surface area contributed by atoms with Crippen LogP contribution in [0, 0.1) is 0 Å². The van der Waals surface area contributed by atoms with E-state index in [1.807, 2.05) is 6.07 Å². The van der Waals surface area contributed by atoms with E-state index in [9.17, 15) is 4.79 Å². The lowest BCUT2D eigenvalue weighted by Crippen LogP contribution is -2.29. The number of hydrogen-bond acceptors (Lipinski definition) is 4. The highest BCUT2D eigenvalue weighted by Gasteiger charge is 2.29. The summed E-state index contributed by atoms with van der Waals surface area (Å²) in [4.78, 5) is 11.7. The quantitative estimate of drug-likeness (QED) is 0.746. The average Bonchev–Trinajstić information content (AvgIpc) is 2.84. The highest BCUT2D eigenvalue weighted by molar-refractivity contribution is 5.89. The molecule has 0 bridgehead atoms. The van der Waals surface area contributed by atoms with Gasteiger partial charge in [0.1, 0.15) is 12.7 Å². The van der Waals surface area contributed by atoms with Gasteiger partial charge in [-0.2, -0.15) is 0 Å². The first-order chi connectivity index (χ1) is 8.31. The highest BCUT2D eigenvalue weighted by Crippen LogP contribution is 2.17. The third kappa shape index (κ3) is 3.05. The first-order valence-electron chi connectivity index (χ1n) is 5.68. The number of carbonyl (C=O) groups excluding carboxylic acids is 1. The van der Waals surface area contributed by atoms with Gasteiger partial charge in [0.15, 0.2) is 0 Å². The van der Waals surface area contributed by atoms with E-state index in [2.05, 4.69) is 0 Å². The molecule has 1 aliphatic heterocycles. The average molecular weight is 236 g/mol. The fourth-order valence-electron chi connectivity index (χ4n) is 1.87. The van der Waals surface area contributed by atoms with Crippen LogP contribution >= 0.6 is 0 Å². The van der Waals surface area contributed by atoms with Crippen molar-refractivity contribution < 1.29 is 19.0 Å². The zero-order valence-corrected chi connectivity index (χ0v) is 9.80. The maximum Gasteiger partial charge on any atom is 0.338 e. The summed E-state index contributed by atoms with van der Waals surface area (Å²) in [5.41, 5.74) is 0.555. The van der Waals surface area contributed by atoms with Gasteiger partial charge in [0.2, 0.25) is 0 Å². The molecule has 0 aliphatic carbocycles. The summed E-state index contributed by atoms with van der Waals surface area (Å²) in [6.07, 6.45) is 0.732. The van der Waals surface area contributed by atoms with Crippen LogP contribution in [0.2, 0.25) is 0 Å². The van der Waals surface area contributed by atoms with E-state index < -0.39 is 0 Å². The van der Waals surface area contributed by atoms with Crippen molar-refractivity contribution >= 4 is 5.97 Å². The van der Waals surface area contributed by atoms with Crippen LogP contribution in [-0.2, 0) is 14.2 Å². The minimum Gasteiger partial charge on any atom is -0.459 e. The summed E-state index contributed by atoms with van der Waals surface area (Å²) in [7, 11) is 1.64. The Bertz CT molecular complexity index is 363. The summed E-state index contributed by atoms with van der Waals surface area (Å²) in [6.45, 7) is 0.901. The summed E-state index contributed by atoms with van der Waals surface area (Å²) in [5, 5.41) is 0. The first kappa shape index (κ1) is 12.1. The number of hydrogen-bond donors (Lipinski definition) is 0. The summed E-state index contributed by atoms with van der Waals surface area (Å²) < 4.78 is 15.9. The molecule has 1 saturated heterocycles. The van der Waals surface area contributed by atoms with Crippen molar-refractivity contribution in [1.82, 2.24) is 0 Å². The molecule has 1 fully saturated rings. The molecule has 17 heavy (non-hydrogen) atoms. The summed E-state index contributed by atoms with van der Waals surface area (Å²) >= 11 is 0. The molecule has 1 heterocycles. The Balaban J connectivity index is 1.84. The van der Waals surface area contributed by atoms with Crippen LogP contribution in [0.4, 0.5) is 0 Å². The normalized spacial score (nSPS) is 23.6. The fourth-order valence-corrected chi connectivity index (χ4v) is 1.87. The van der Waals surface area contributed by atoms with Gasteiger partial charge in [-0.05, 0) is 18.6 Å². The third-order valence-corrected chi connectivity index (χ3v) is 2.84. The Hall–Kier alpha value is -1.39. The van der Waals surface area contributed by atoms with E-state index in [-0.39, 0.29) is 24.8 Å². The molecular formula is C13H16O4. The second-order valence-corrected chi connectivity index (χ2v) is 3.94. The van der Waals surface area contributed by atoms with Gasteiger partial charge in [-0.15, -0.1) is 0 Å². The van der Waals surface area contributed by atoms with Crippen LogP contribution in [0.1, 0.15) is 16.8 Å². The molecule has 0 radical (unpaired) electrons. The predicted octanol–water partition coefficient (Wildman–Crippen LogP) is 1.65. The molecule has 0 N–H and O–H groups in total. The Morgan fingerprint density at radius 1 is 1.41 bits per heavy atom. The highest BCUT2D eigenvalue weighted by atomic mass is 16.6. The smallest absolute Gasteiger partial charge is 0.338 e. The van der Waals surface area contributed by atoms with Crippen LogP contribution in [0.3, 0.4) is 0 Å². The predicted molar refractivity (Wildman–Crippen MR) is 61.9 cm³/mol. The van der Waals surface area contributed by atoms with Gasteiger partial charge in [0.25, 0.3) is 0 Å². The largest absolute Gasteiger partial charge is 0.459 e. The molecule has 0 saturated carbocycles. The Labute approximate surface area is 100 Å². The Kier molecular flexibility index (Phi) is 4.12. The van der Waals surface area contributed by atoms with E-state index in [1.165, 1.54) is 0 Å². The first-order valence-corrected chi connectivity index (χ1v) is 5.68. The molecule has 1 aromatic rings. The van der Waals surface area contributed by atoms with Crippen molar-refractivity contribution in [3.05, 3.63) is 35.9 Å². The number of methoxy groups -OCH3 is 1. The van der Waals surface area contributed by atoms with E-state index in [4.69, 9.17) is 14.2 Å². The lowest BCUT2D eigenvalue weighted by molar-refractivity contribution is -0.0272. The topological polar surface area (TPSA) is 44.8 Å². The number of esters is 1. The van der Waals surface area contributed by atoms with E-state index in [1.54, 1.807) is 31.4 Å². The molecule has 1 aromatic carbocycles. The van der Waals surface area contributed by atoms with Crippen molar-refractivity contribution in [2.75, 3.05) is 20.3 Å². The lowest BCUT2D eigenvalue weighted by atomic mass is 10.2. The second-order valence-electron chi connectivity index (χ2n) is 3.94. The number of benzene rings is 1. The van der Waals surface area contributed by atoms with Gasteiger partial charge in [0, 0.05) is 13.7 Å². The third-order valence-electron chi connectivity index (χ3n) is 2.84. The lowest BCUT2D eigenvalue weighted by Gasteiger charge is -2.16. The van der Waals surface area contributed by atoms with Crippen LogP contribution < -0.4 is 0 Å². The molecule has 1 aliphatic rings. The molecular weight excluding hydrogens is 220 g/mol. The van der Waals surface area contributed by atoms with E-state index in [0.29, 0.717) is 12.2 Å². The zero-order chi connectivity index (χ0) is 12.1. The van der Waals surface area contributed by atoms with Gasteiger partial charge >= 0.3 is 5.97 Å². The maximum atomic E-state index is 11.7. The van der Waals surface area contributed by atoms with Crippen molar-refractivity contribution in [2.45, 2.75) is 18.6 Å². The second kappa shape index (κ2) is 5.80. The van der Waals surface area contributed by atoms with Gasteiger partial charge in [-0.1, -0.05) is 18.2 Å². The summed E-state index contributed by atoms with van der Waals surface area (Å²) in [6, 6.07) is 8.93. The number of carbonyl (C=O) groups is 1. The Morgan fingerprint density at radius 2 is 2.18 bits per heavy atom. The van der Waals surface area contributed by atoms with Crippen LogP contribution in [-0.4, -0.2) is 38.5 Å². The molecule has 4 heteroatoms. The fraction of sp³-hybridized carbons (Fsp3) is 0.462. The van der Waals surface area contributed by atoms with Crippen molar-refractivity contribution in [3.63, 3.8) is 0 Å². The van der Waals surface area contributed by atoms with E-state index >= 15 is 0 Å². The molecule has 2 rings (SSSR count). The van der Waals surface area contributed by atoms with Gasteiger partial charge in [-0.25, -0.2) is 4.79 Å². The molecule has 0 unspecified atom stereocenters. The molecule has 92 valence electrons. The van der Waals surface area contributed by atoms with Gasteiger partial charge in [-0.3, -0.25) is 0 Å². The van der Waals surface area contributed by atoms with Crippen LogP contribution in [0.5, 0.6) is 0 Å². The number of ether oxygens (including phenoxy) is 3. The monoisotopic (exact) mass is 236 g/mol. The molecule has 0 aromatic heterocycles. The Morgan fingerprint density at radius 3 is 2.88 bits per heavy atom. The maximum absolute atomic E-state index is 11.7. The molecule has 0 amide bonds. The number of rotatable bonds is 4.